The minimum atomic E-state index is 0.0648. The highest BCUT2D eigenvalue weighted by Crippen LogP contribution is 2.19. The summed E-state index contributed by atoms with van der Waals surface area (Å²) < 4.78 is 0. The molecule has 1 saturated heterocycles. The van der Waals surface area contributed by atoms with Crippen LogP contribution < -0.4 is 5.32 Å². The topological polar surface area (TPSA) is 58.1 Å². The molecule has 114 valence electrons. The number of benzene rings is 1. The minimum Gasteiger partial charge on any atom is -0.354 e. The van der Waals surface area contributed by atoms with Gasteiger partial charge in [0.25, 0.3) is 0 Å². The second-order valence-corrected chi connectivity index (χ2v) is 5.83. The number of nitrogens with one attached hydrogen (secondary N) is 1. The van der Waals surface area contributed by atoms with Gasteiger partial charge in [-0.25, -0.2) is 9.97 Å². The first-order valence-electron chi connectivity index (χ1n) is 7.20. The van der Waals surface area contributed by atoms with Gasteiger partial charge in [0.1, 0.15) is 0 Å². The molecule has 1 aromatic heterocycles. The van der Waals surface area contributed by atoms with Gasteiger partial charge in [-0.3, -0.25) is 9.69 Å². The third-order valence-corrected chi connectivity index (χ3v) is 3.76. The quantitative estimate of drug-likeness (QED) is 0.941. The lowest BCUT2D eigenvalue weighted by molar-refractivity contribution is -0.124. The third-order valence-electron chi connectivity index (χ3n) is 3.51. The lowest BCUT2D eigenvalue weighted by Crippen LogP contribution is -2.47. The van der Waals surface area contributed by atoms with Crippen LogP contribution in [-0.4, -0.2) is 40.4 Å². The van der Waals surface area contributed by atoms with Gasteiger partial charge in [-0.15, -0.1) is 0 Å². The van der Waals surface area contributed by atoms with E-state index in [1.54, 1.807) is 0 Å². The van der Waals surface area contributed by atoms with Crippen molar-refractivity contribution in [3.8, 4) is 11.4 Å². The molecular weight excluding hydrogens is 300 g/mol. The fourth-order valence-corrected chi connectivity index (χ4v) is 2.62. The van der Waals surface area contributed by atoms with Crippen LogP contribution in [0.25, 0.3) is 11.4 Å². The maximum Gasteiger partial charge on any atom is 0.234 e. The number of aromatic nitrogens is 2. The molecule has 0 spiro atoms. The van der Waals surface area contributed by atoms with Crippen molar-refractivity contribution in [2.45, 2.75) is 13.5 Å². The Morgan fingerprint density at radius 2 is 2.05 bits per heavy atom. The Hall–Kier alpha value is -1.98. The average molecular weight is 317 g/mol. The predicted octanol–water partition coefficient (Wildman–Crippen LogP) is 2.04. The first-order chi connectivity index (χ1) is 10.6. The maximum atomic E-state index is 11.5. The second-order valence-electron chi connectivity index (χ2n) is 5.39. The molecular formula is C16H17ClN4O. The number of amides is 1. The average Bonchev–Trinajstić information content (AvgIpc) is 2.47. The fourth-order valence-electron chi connectivity index (χ4n) is 2.50. The van der Waals surface area contributed by atoms with E-state index in [0.29, 0.717) is 30.5 Å². The molecule has 2 heterocycles. The molecule has 1 aliphatic rings. The summed E-state index contributed by atoms with van der Waals surface area (Å²) in [5.41, 5.74) is 2.77. The number of carbonyl (C=O) groups is 1. The highest BCUT2D eigenvalue weighted by molar-refractivity contribution is 6.30. The molecule has 0 bridgehead atoms. The van der Waals surface area contributed by atoms with Crippen LogP contribution in [0.1, 0.15) is 11.4 Å². The summed E-state index contributed by atoms with van der Waals surface area (Å²) in [6.07, 6.45) is 0. The lowest BCUT2D eigenvalue weighted by atomic mass is 10.2. The lowest BCUT2D eigenvalue weighted by Gasteiger charge is -2.26. The number of carbonyl (C=O) groups excluding carboxylic acids is 1. The van der Waals surface area contributed by atoms with Crippen molar-refractivity contribution in [1.82, 2.24) is 20.2 Å². The normalized spacial score (nSPS) is 15.6. The van der Waals surface area contributed by atoms with Gasteiger partial charge in [-0.05, 0) is 37.3 Å². The van der Waals surface area contributed by atoms with E-state index in [2.05, 4.69) is 20.2 Å². The van der Waals surface area contributed by atoms with Gasteiger partial charge >= 0.3 is 0 Å². The number of hydrogen-bond donors (Lipinski definition) is 1. The summed E-state index contributed by atoms with van der Waals surface area (Å²) in [6.45, 7) is 4.54. The van der Waals surface area contributed by atoms with Crippen LogP contribution in [0.5, 0.6) is 0 Å². The first-order valence-corrected chi connectivity index (χ1v) is 7.57. The number of rotatable bonds is 3. The van der Waals surface area contributed by atoms with Crippen LogP contribution in [0.15, 0.2) is 30.3 Å². The Morgan fingerprint density at radius 1 is 1.27 bits per heavy atom. The van der Waals surface area contributed by atoms with E-state index in [1.807, 2.05) is 37.3 Å². The number of piperazine rings is 1. The van der Waals surface area contributed by atoms with Gasteiger partial charge in [0.2, 0.25) is 5.91 Å². The molecule has 6 heteroatoms. The number of nitrogens with zero attached hydrogens (tertiary/aromatic N) is 3. The molecule has 3 rings (SSSR count). The summed E-state index contributed by atoms with van der Waals surface area (Å²) in [5.74, 6) is 0.753. The summed E-state index contributed by atoms with van der Waals surface area (Å²) in [4.78, 5) is 22.7. The van der Waals surface area contributed by atoms with E-state index in [9.17, 15) is 4.79 Å². The van der Waals surface area contributed by atoms with Crippen molar-refractivity contribution < 1.29 is 4.79 Å². The van der Waals surface area contributed by atoms with E-state index in [-0.39, 0.29) is 5.91 Å². The Morgan fingerprint density at radius 3 is 2.77 bits per heavy atom. The Balaban J connectivity index is 1.83. The molecule has 1 N–H and O–H groups in total. The highest BCUT2D eigenvalue weighted by atomic mass is 35.5. The van der Waals surface area contributed by atoms with Crippen molar-refractivity contribution in [2.75, 3.05) is 19.6 Å². The van der Waals surface area contributed by atoms with Gasteiger partial charge in [-0.1, -0.05) is 11.6 Å². The predicted molar refractivity (Wildman–Crippen MR) is 85.5 cm³/mol. The fraction of sp³-hybridized carbons (Fsp3) is 0.312. The Bertz CT molecular complexity index is 687. The molecule has 1 aliphatic heterocycles. The molecule has 1 aromatic carbocycles. The summed E-state index contributed by atoms with van der Waals surface area (Å²) in [5, 5.41) is 3.52. The number of aryl methyl sites for hydroxylation is 1. The monoisotopic (exact) mass is 316 g/mol. The second kappa shape index (κ2) is 6.42. The van der Waals surface area contributed by atoms with Crippen LogP contribution in [0.4, 0.5) is 0 Å². The molecule has 5 nitrogen and oxygen atoms in total. The SMILES string of the molecule is Cc1cc(CN2CCNC(=O)C2)nc(-c2ccc(Cl)cc2)n1. The summed E-state index contributed by atoms with van der Waals surface area (Å²) in [6, 6.07) is 9.45. The van der Waals surface area contributed by atoms with Gasteiger partial charge in [0.05, 0.1) is 12.2 Å². The van der Waals surface area contributed by atoms with Gasteiger partial charge in [0, 0.05) is 35.9 Å². The molecule has 0 unspecified atom stereocenters. The Labute approximate surface area is 134 Å². The molecule has 0 radical (unpaired) electrons. The van der Waals surface area contributed by atoms with Crippen LogP contribution in [0, 0.1) is 6.92 Å². The molecule has 0 saturated carbocycles. The van der Waals surface area contributed by atoms with Crippen LogP contribution in [0.2, 0.25) is 5.02 Å². The van der Waals surface area contributed by atoms with Crippen LogP contribution >= 0.6 is 11.6 Å². The van der Waals surface area contributed by atoms with Crippen molar-refractivity contribution in [1.29, 1.82) is 0 Å². The molecule has 22 heavy (non-hydrogen) atoms. The van der Waals surface area contributed by atoms with Crippen LogP contribution in [0.3, 0.4) is 0 Å². The maximum absolute atomic E-state index is 11.5. The van der Waals surface area contributed by atoms with Gasteiger partial charge in [0.15, 0.2) is 5.82 Å². The van der Waals surface area contributed by atoms with Gasteiger partial charge < -0.3 is 5.32 Å². The van der Waals surface area contributed by atoms with E-state index in [1.165, 1.54) is 0 Å². The van der Waals surface area contributed by atoms with Gasteiger partial charge in [-0.2, -0.15) is 0 Å². The number of hydrogen-bond acceptors (Lipinski definition) is 4. The largest absolute Gasteiger partial charge is 0.354 e. The van der Waals surface area contributed by atoms with Crippen molar-refractivity contribution in [3.63, 3.8) is 0 Å². The molecule has 2 aromatic rings. The molecule has 1 fully saturated rings. The first kappa shape index (κ1) is 14.9. The van der Waals surface area contributed by atoms with Crippen molar-refractivity contribution in [2.24, 2.45) is 0 Å². The standard InChI is InChI=1S/C16H17ClN4O/c1-11-8-14(9-21-7-6-18-15(22)10-21)20-16(19-11)12-2-4-13(17)5-3-12/h2-5,8H,6-7,9-10H2,1H3,(H,18,22). The third kappa shape index (κ3) is 3.61. The van der Waals surface area contributed by atoms with Crippen LogP contribution in [-0.2, 0) is 11.3 Å². The molecule has 0 atom stereocenters. The highest BCUT2D eigenvalue weighted by Gasteiger charge is 2.17. The van der Waals surface area contributed by atoms with E-state index in [0.717, 1.165) is 23.5 Å². The van der Waals surface area contributed by atoms with E-state index < -0.39 is 0 Å². The van der Waals surface area contributed by atoms with Crippen molar-refractivity contribution >= 4 is 17.5 Å². The summed E-state index contributed by atoms with van der Waals surface area (Å²) >= 11 is 5.92. The van der Waals surface area contributed by atoms with E-state index in [4.69, 9.17) is 11.6 Å². The van der Waals surface area contributed by atoms with Crippen molar-refractivity contribution in [3.05, 3.63) is 46.7 Å². The number of halogens is 1. The summed E-state index contributed by atoms with van der Waals surface area (Å²) in [7, 11) is 0. The zero-order valence-corrected chi connectivity index (χ0v) is 13.1. The molecule has 0 aliphatic carbocycles. The Kier molecular flexibility index (Phi) is 4.36. The smallest absolute Gasteiger partial charge is 0.234 e. The van der Waals surface area contributed by atoms with E-state index >= 15 is 0 Å². The zero-order chi connectivity index (χ0) is 15.5. The minimum absolute atomic E-state index is 0.0648. The zero-order valence-electron chi connectivity index (χ0n) is 12.3. The molecule has 1 amide bonds.